The Morgan fingerprint density at radius 3 is 2.33 bits per heavy atom. The van der Waals surface area contributed by atoms with Gasteiger partial charge in [-0.25, -0.2) is 0 Å². The van der Waals surface area contributed by atoms with Crippen molar-refractivity contribution in [1.82, 2.24) is 0 Å². The first-order chi connectivity index (χ1) is 8.09. The summed E-state index contributed by atoms with van der Waals surface area (Å²) in [7, 11) is -1.26. The van der Waals surface area contributed by atoms with Crippen molar-refractivity contribution in [2.45, 2.75) is 25.2 Å². The van der Waals surface area contributed by atoms with Gasteiger partial charge >= 0.3 is 18.9 Å². The van der Waals surface area contributed by atoms with Crippen LogP contribution in [0.25, 0.3) is 11.1 Å². The van der Waals surface area contributed by atoms with Gasteiger partial charge in [0.2, 0.25) is 0 Å². The van der Waals surface area contributed by atoms with E-state index in [4.69, 9.17) is 0 Å². The minimum Gasteiger partial charge on any atom is -0.179 e. The molecule has 1 aliphatic carbocycles. The van der Waals surface area contributed by atoms with E-state index in [1.807, 2.05) is 0 Å². The van der Waals surface area contributed by atoms with Crippen molar-refractivity contribution in [2.24, 2.45) is 0 Å². The second kappa shape index (κ2) is 4.74. The van der Waals surface area contributed by atoms with Crippen LogP contribution in [0, 0.1) is 6.07 Å². The van der Waals surface area contributed by atoms with Crippen LogP contribution < -0.4 is 18.9 Å². The molecule has 0 radical (unpaired) electrons. The Balaban J connectivity index is 0.00000120. The molecule has 0 heterocycles. The molecule has 0 fully saturated rings. The first-order valence-corrected chi connectivity index (χ1v) is 9.76. The molecule has 0 nitrogen and oxygen atoms in total. The van der Waals surface area contributed by atoms with Crippen LogP contribution in [0.3, 0.4) is 0 Å². The molecule has 1 aliphatic rings. The number of rotatable bonds is 1. The van der Waals surface area contributed by atoms with Gasteiger partial charge in [-0.1, -0.05) is 49.5 Å². The molecule has 18 heavy (non-hydrogen) atoms. The summed E-state index contributed by atoms with van der Waals surface area (Å²) in [4.78, 5) is 0. The largest absolute Gasteiger partial charge is 1.00 e. The number of hydrogen-bond donors (Lipinski definition) is 0. The molecule has 1 atom stereocenters. The average molecular weight is 244 g/mol. The molecule has 0 saturated carbocycles. The maximum Gasteiger partial charge on any atom is 1.00 e. The number of hydrogen-bond acceptors (Lipinski definition) is 0. The summed E-state index contributed by atoms with van der Waals surface area (Å²) in [6, 6.07) is 18.7. The second-order valence-corrected chi connectivity index (χ2v) is 11.2. The van der Waals surface area contributed by atoms with E-state index in [0.29, 0.717) is 5.54 Å². The molecular formula is C16H17LiSi. The summed E-state index contributed by atoms with van der Waals surface area (Å²) in [5, 5.41) is 0. The average Bonchev–Trinajstić information content (AvgIpc) is 2.63. The van der Waals surface area contributed by atoms with Gasteiger partial charge in [-0.05, 0) is 11.1 Å². The minimum absolute atomic E-state index is 0. The molecule has 0 aliphatic heterocycles. The molecule has 86 valence electrons. The van der Waals surface area contributed by atoms with Gasteiger partial charge in [-0.2, -0.15) is 24.3 Å². The fourth-order valence-electron chi connectivity index (χ4n) is 2.97. The van der Waals surface area contributed by atoms with E-state index in [1.54, 1.807) is 0 Å². The third kappa shape index (κ3) is 2.01. The van der Waals surface area contributed by atoms with Crippen LogP contribution in [0.5, 0.6) is 0 Å². The fraction of sp³-hybridized carbons (Fsp3) is 0.250. The van der Waals surface area contributed by atoms with Crippen LogP contribution in [-0.4, -0.2) is 8.07 Å². The molecule has 2 heteroatoms. The summed E-state index contributed by atoms with van der Waals surface area (Å²) < 4.78 is 0. The first-order valence-electron chi connectivity index (χ1n) is 6.19. The third-order valence-corrected chi connectivity index (χ3v) is 5.94. The molecule has 0 spiro atoms. The van der Waals surface area contributed by atoms with Crippen LogP contribution in [0.1, 0.15) is 16.7 Å². The topological polar surface area (TPSA) is 0 Å². The van der Waals surface area contributed by atoms with Gasteiger partial charge in [0.15, 0.2) is 0 Å². The third-order valence-electron chi connectivity index (χ3n) is 3.60. The second-order valence-electron chi connectivity index (χ2n) is 5.88. The molecule has 2 aromatic carbocycles. The van der Waals surface area contributed by atoms with Crippen LogP contribution in [0.15, 0.2) is 42.5 Å². The van der Waals surface area contributed by atoms with Crippen molar-refractivity contribution >= 4 is 8.07 Å². The standard InChI is InChI=1S/C16H17Si.Li/c1-17(2,3)16-14-10-6-4-8-12(14)13-9-5-7-11-15(13)16;/h4-10,16H,1-3H3;/q-1;+1. The zero-order valence-electron chi connectivity index (χ0n) is 11.6. The molecule has 0 bridgehead atoms. The van der Waals surface area contributed by atoms with Gasteiger partial charge in [0.25, 0.3) is 0 Å². The minimum atomic E-state index is -1.26. The van der Waals surface area contributed by atoms with Gasteiger partial charge in [0, 0.05) is 0 Å². The van der Waals surface area contributed by atoms with Crippen molar-refractivity contribution < 1.29 is 18.9 Å². The Hall–Kier alpha value is -0.746. The van der Waals surface area contributed by atoms with E-state index >= 15 is 0 Å². The van der Waals surface area contributed by atoms with Crippen LogP contribution in [0.2, 0.25) is 19.6 Å². The zero-order valence-corrected chi connectivity index (χ0v) is 12.6. The van der Waals surface area contributed by atoms with Gasteiger partial charge in [0.05, 0.1) is 8.07 Å². The van der Waals surface area contributed by atoms with E-state index in [0.717, 1.165) is 0 Å². The molecule has 0 saturated heterocycles. The van der Waals surface area contributed by atoms with E-state index in [-0.39, 0.29) is 18.9 Å². The maximum absolute atomic E-state index is 3.49. The Kier molecular flexibility index (Phi) is 3.60. The Labute approximate surface area is 123 Å². The monoisotopic (exact) mass is 244 g/mol. The SMILES string of the molecule is C[Si](C)(C)C1c2[c-]cccc2-c2ccccc21.[Li+]. The van der Waals surface area contributed by atoms with Crippen molar-refractivity contribution in [1.29, 1.82) is 0 Å². The summed E-state index contributed by atoms with van der Waals surface area (Å²) in [6.07, 6.45) is 0. The van der Waals surface area contributed by atoms with Crippen LogP contribution >= 0.6 is 0 Å². The predicted octanol–water partition coefficient (Wildman–Crippen LogP) is 1.48. The smallest absolute Gasteiger partial charge is 0.179 e. The van der Waals surface area contributed by atoms with Crippen molar-refractivity contribution in [3.05, 3.63) is 59.7 Å². The molecule has 3 rings (SSSR count). The van der Waals surface area contributed by atoms with E-state index in [2.05, 4.69) is 68.2 Å². The Morgan fingerprint density at radius 1 is 0.944 bits per heavy atom. The van der Waals surface area contributed by atoms with Gasteiger partial charge in [-0.3, -0.25) is 0 Å². The number of benzene rings is 2. The molecular weight excluding hydrogens is 227 g/mol. The van der Waals surface area contributed by atoms with Crippen molar-refractivity contribution in [3.8, 4) is 11.1 Å². The summed E-state index contributed by atoms with van der Waals surface area (Å²) in [5.74, 6) is 0. The van der Waals surface area contributed by atoms with Crippen molar-refractivity contribution in [3.63, 3.8) is 0 Å². The fourth-order valence-corrected chi connectivity index (χ4v) is 5.26. The van der Waals surface area contributed by atoms with E-state index in [1.165, 1.54) is 22.3 Å². The van der Waals surface area contributed by atoms with E-state index < -0.39 is 8.07 Å². The molecule has 2 aromatic rings. The van der Waals surface area contributed by atoms with Gasteiger partial charge < -0.3 is 0 Å². The van der Waals surface area contributed by atoms with Crippen LogP contribution in [0.4, 0.5) is 0 Å². The molecule has 0 aromatic heterocycles. The summed E-state index contributed by atoms with van der Waals surface area (Å²) in [6.45, 7) is 7.35. The summed E-state index contributed by atoms with van der Waals surface area (Å²) >= 11 is 0. The Morgan fingerprint density at radius 2 is 1.61 bits per heavy atom. The molecule has 0 N–H and O–H groups in total. The van der Waals surface area contributed by atoms with Gasteiger partial charge in [0.1, 0.15) is 0 Å². The van der Waals surface area contributed by atoms with Crippen LogP contribution in [-0.2, 0) is 0 Å². The normalized spacial score (nSPS) is 16.7. The first kappa shape index (κ1) is 13.7. The zero-order chi connectivity index (χ0) is 12.0. The van der Waals surface area contributed by atoms with E-state index in [9.17, 15) is 0 Å². The Bertz CT molecular complexity index is 524. The van der Waals surface area contributed by atoms with Gasteiger partial charge in [-0.15, -0.1) is 11.1 Å². The number of fused-ring (bicyclic) bond motifs is 3. The molecule has 0 amide bonds. The summed E-state index contributed by atoms with van der Waals surface area (Å²) in [5.41, 5.74) is 6.37. The van der Waals surface area contributed by atoms with Crippen molar-refractivity contribution in [2.75, 3.05) is 0 Å². The quantitative estimate of drug-likeness (QED) is 0.526. The maximum atomic E-state index is 3.49. The predicted molar refractivity (Wildman–Crippen MR) is 75.9 cm³/mol. The molecule has 1 unspecified atom stereocenters.